The minimum absolute atomic E-state index is 0. The van der Waals surface area contributed by atoms with E-state index >= 15 is 0 Å². The Hall–Kier alpha value is -0.750. The number of hydrogen-bond donors (Lipinski definition) is 0. The van der Waals surface area contributed by atoms with Gasteiger partial charge in [0.15, 0.2) is 0 Å². The molecular weight excluding hydrogens is 783 g/mol. The van der Waals surface area contributed by atoms with Gasteiger partial charge in [-0.15, -0.1) is 80.7 Å². The first-order valence-electron chi connectivity index (χ1n) is 18.5. The summed E-state index contributed by atoms with van der Waals surface area (Å²) in [5, 5.41) is 9.06. The van der Waals surface area contributed by atoms with Crippen LogP contribution in [0.1, 0.15) is 130 Å². The number of benzene rings is 2. The second-order valence-corrected chi connectivity index (χ2v) is 17.9. The van der Waals surface area contributed by atoms with Crippen molar-refractivity contribution in [2.75, 3.05) is 24.6 Å². The molecule has 0 bridgehead atoms. The first kappa shape index (κ1) is 46.3. The zero-order valence-electron chi connectivity index (χ0n) is 30.2. The molecule has 0 heterocycles. The van der Waals surface area contributed by atoms with Crippen molar-refractivity contribution in [3.63, 3.8) is 0 Å². The summed E-state index contributed by atoms with van der Waals surface area (Å²) < 4.78 is 0. The smallest absolute Gasteiger partial charge is 1.00 e. The second-order valence-electron chi connectivity index (χ2n) is 12.9. The van der Waals surface area contributed by atoms with Crippen molar-refractivity contribution in [3.05, 3.63) is 72.8 Å². The Morgan fingerprint density at radius 2 is 0.723 bits per heavy atom. The summed E-state index contributed by atoms with van der Waals surface area (Å²) in [6.45, 7) is 9.21. The van der Waals surface area contributed by atoms with Crippen LogP contribution in [0.3, 0.4) is 0 Å². The normalized spacial score (nSPS) is 10.9. The molecule has 0 aromatic heterocycles. The molecular formula is C42H64F2HfP2. The van der Waals surface area contributed by atoms with E-state index in [1.807, 2.05) is 0 Å². The van der Waals surface area contributed by atoms with Crippen molar-refractivity contribution >= 4 is 48.0 Å². The largest absolute Gasteiger partial charge is 4.00 e. The van der Waals surface area contributed by atoms with E-state index in [-0.39, 0.29) is 51.1 Å². The summed E-state index contributed by atoms with van der Waals surface area (Å²) >= 11 is 0. The van der Waals surface area contributed by atoms with Crippen LogP contribution in [0, 0.1) is 0 Å². The van der Waals surface area contributed by atoms with Crippen LogP contribution in [0.4, 0.5) is 0 Å². The number of hydrogen-bond acceptors (Lipinski definition) is 0. The second kappa shape index (κ2) is 29.0. The molecule has 0 N–H and O–H groups in total. The van der Waals surface area contributed by atoms with Crippen molar-refractivity contribution in [2.24, 2.45) is 0 Å². The van der Waals surface area contributed by atoms with Crippen LogP contribution < -0.4 is 20.0 Å². The van der Waals surface area contributed by atoms with Crippen molar-refractivity contribution in [1.29, 1.82) is 0 Å². The van der Waals surface area contributed by atoms with Gasteiger partial charge in [0, 0.05) is 0 Å². The van der Waals surface area contributed by atoms with E-state index < -0.39 is 0 Å². The molecule has 0 saturated carbocycles. The average molecular weight is 847 g/mol. The zero-order chi connectivity index (χ0) is 31.2. The maximum absolute atomic E-state index is 2.47. The third-order valence-electron chi connectivity index (χ3n) is 9.06. The molecule has 0 radical (unpaired) electrons. The van der Waals surface area contributed by atoms with Crippen LogP contribution in [0.5, 0.6) is 0 Å². The van der Waals surface area contributed by atoms with Gasteiger partial charge in [-0.05, 0) is 50.3 Å². The number of unbranched alkanes of at least 4 members (excludes halogenated alkanes) is 12. The topological polar surface area (TPSA) is 0 Å². The molecule has 0 atom stereocenters. The van der Waals surface area contributed by atoms with E-state index in [0.29, 0.717) is 0 Å². The van der Waals surface area contributed by atoms with Crippen LogP contribution in [0.25, 0.3) is 21.5 Å². The minimum atomic E-state index is 0. The summed E-state index contributed by atoms with van der Waals surface area (Å²) in [4.78, 5) is 0. The Bertz CT molecular complexity index is 1080. The summed E-state index contributed by atoms with van der Waals surface area (Å²) in [5.74, 6) is 0. The Labute approximate surface area is 309 Å². The van der Waals surface area contributed by atoms with Crippen molar-refractivity contribution in [3.8, 4) is 0 Å². The van der Waals surface area contributed by atoms with Gasteiger partial charge in [0.2, 0.25) is 0 Å². The van der Waals surface area contributed by atoms with E-state index in [9.17, 15) is 0 Å². The average Bonchev–Trinajstić information content (AvgIpc) is 3.68. The van der Waals surface area contributed by atoms with Crippen molar-refractivity contribution < 1.29 is 35.3 Å². The summed E-state index contributed by atoms with van der Waals surface area (Å²) in [5.41, 5.74) is 0. The summed E-state index contributed by atoms with van der Waals surface area (Å²) in [7, 11) is 0.128. The monoisotopic (exact) mass is 848 g/mol. The first-order valence-corrected chi connectivity index (χ1v) is 21.9. The number of rotatable bonds is 22. The van der Waals surface area contributed by atoms with Crippen LogP contribution in [0.2, 0.25) is 0 Å². The van der Waals surface area contributed by atoms with Gasteiger partial charge in [0.25, 0.3) is 0 Å². The molecule has 260 valence electrons. The van der Waals surface area contributed by atoms with Gasteiger partial charge < -0.3 is 9.41 Å². The Morgan fingerprint density at radius 1 is 0.426 bits per heavy atom. The summed E-state index contributed by atoms with van der Waals surface area (Å²) in [6.07, 6.45) is 28.1. The molecule has 0 saturated heterocycles. The fraction of sp³-hybridized carbons (Fsp3) is 0.571. The maximum Gasteiger partial charge on any atom is 4.00 e. The zero-order valence-corrected chi connectivity index (χ0v) is 35.6. The molecule has 0 fully saturated rings. The van der Waals surface area contributed by atoms with Gasteiger partial charge in [0.05, 0.1) is 0 Å². The van der Waals surface area contributed by atoms with Crippen LogP contribution in [0.15, 0.2) is 72.8 Å². The molecule has 4 aromatic carbocycles. The molecule has 0 unspecified atom stereocenters. The molecule has 4 rings (SSSR count). The molecule has 0 aliphatic rings. The van der Waals surface area contributed by atoms with E-state index in [1.54, 1.807) is 10.6 Å². The van der Waals surface area contributed by atoms with Crippen molar-refractivity contribution in [2.45, 2.75) is 130 Å². The van der Waals surface area contributed by atoms with Gasteiger partial charge in [-0.25, -0.2) is 0 Å². The van der Waals surface area contributed by atoms with E-state index in [4.69, 9.17) is 0 Å². The molecule has 0 aliphatic heterocycles. The summed E-state index contributed by atoms with van der Waals surface area (Å²) in [6, 6.07) is 27.6. The third-order valence-corrected chi connectivity index (χ3v) is 14.5. The minimum Gasteiger partial charge on any atom is -1.00 e. The van der Waals surface area contributed by atoms with Crippen LogP contribution >= 0.6 is 15.8 Å². The SMILES string of the molecule is CCCCCCP(CCCCCC)c1cc2ccccc2[cH-]1.CCCCCCP(CCCCCC)c1cc2ccccc2[cH-]1.[F-].[F-].[Hf+4]. The molecule has 0 spiro atoms. The standard InChI is InChI=1S/2C21H32P.2FH.Hf/c2*1-3-5-7-11-15-22(16-12-8-6-4-2)21-17-19-13-9-10-14-20(19)18-21;;;/h2*9-10,13-14,17-18H,3-8,11-12,15-16H2,1-2H3;2*1H;/q2*-1;;;+4/p-2. The van der Waals surface area contributed by atoms with Gasteiger partial charge in [-0.3, -0.25) is 0 Å². The molecule has 0 amide bonds. The predicted octanol–water partition coefficient (Wildman–Crippen LogP) is 7.66. The molecule has 0 aliphatic carbocycles. The fourth-order valence-electron chi connectivity index (χ4n) is 6.29. The maximum atomic E-state index is 2.47. The third kappa shape index (κ3) is 17.7. The van der Waals surface area contributed by atoms with Gasteiger partial charge in [0.1, 0.15) is 0 Å². The van der Waals surface area contributed by atoms with Crippen LogP contribution in [-0.4, -0.2) is 24.6 Å². The Morgan fingerprint density at radius 3 is 1.00 bits per heavy atom. The quantitative estimate of drug-likeness (QED) is 0.0330. The van der Waals surface area contributed by atoms with Gasteiger partial charge >= 0.3 is 25.8 Å². The number of fused-ring (bicyclic) bond motifs is 2. The van der Waals surface area contributed by atoms with Crippen LogP contribution in [-0.2, 0) is 25.8 Å². The molecule has 4 aromatic rings. The fourth-order valence-corrected chi connectivity index (χ4v) is 11.5. The van der Waals surface area contributed by atoms with Crippen molar-refractivity contribution in [1.82, 2.24) is 0 Å². The van der Waals surface area contributed by atoms with Gasteiger partial charge in [-0.1, -0.05) is 133 Å². The number of halogens is 2. The first-order chi connectivity index (χ1) is 21.7. The predicted molar refractivity (Wildman–Crippen MR) is 208 cm³/mol. The van der Waals surface area contributed by atoms with E-state index in [2.05, 4.69) is 100 Å². The Balaban J connectivity index is 0.000000846. The molecule has 5 heteroatoms. The van der Waals surface area contributed by atoms with Gasteiger partial charge in [-0.2, -0.15) is 12.1 Å². The van der Waals surface area contributed by atoms with E-state index in [1.165, 1.54) is 149 Å². The molecule has 0 nitrogen and oxygen atoms in total. The molecule has 47 heavy (non-hydrogen) atoms. The van der Waals surface area contributed by atoms with E-state index in [0.717, 1.165) is 0 Å². The Kier molecular flexibility index (Phi) is 28.6.